The number of guanidine groups is 1. The zero-order chi connectivity index (χ0) is 19.1. The van der Waals surface area contributed by atoms with E-state index < -0.39 is 0 Å². The average molecular weight is 373 g/mol. The summed E-state index contributed by atoms with van der Waals surface area (Å²) in [5, 5.41) is 7.02. The molecule has 6 heteroatoms. The Hall–Kier alpha value is -2.24. The van der Waals surface area contributed by atoms with Crippen LogP contribution in [0.1, 0.15) is 50.1 Å². The fourth-order valence-electron chi connectivity index (χ4n) is 3.73. The molecule has 1 amide bonds. The lowest BCUT2D eigenvalue weighted by Crippen LogP contribution is -2.43. The minimum absolute atomic E-state index is 0.00106. The Kier molecular flexibility index (Phi) is 6.96. The van der Waals surface area contributed by atoms with Gasteiger partial charge in [-0.2, -0.15) is 0 Å². The van der Waals surface area contributed by atoms with Gasteiger partial charge < -0.3 is 20.3 Å². The van der Waals surface area contributed by atoms with Gasteiger partial charge >= 0.3 is 0 Å². The van der Waals surface area contributed by atoms with Gasteiger partial charge in [0.05, 0.1) is 12.6 Å². The maximum Gasteiger partial charge on any atom is 0.243 e. The highest BCUT2D eigenvalue weighted by molar-refractivity contribution is 5.85. The zero-order valence-electron chi connectivity index (χ0n) is 16.5. The van der Waals surface area contributed by atoms with Crippen molar-refractivity contribution in [3.63, 3.8) is 0 Å². The van der Waals surface area contributed by atoms with E-state index >= 15 is 0 Å². The number of carbonyl (C=O) groups excluding carboxylic acids is 1. The highest BCUT2D eigenvalue weighted by atomic mass is 16.5. The SMILES string of the molecule is CN(C)C(=O)CN=C(NCC1CCCCC1)NC1CCOc2ccccc21. The van der Waals surface area contributed by atoms with Crippen LogP contribution in [0.2, 0.25) is 0 Å². The van der Waals surface area contributed by atoms with Crippen molar-refractivity contribution >= 4 is 11.9 Å². The second-order valence-electron chi connectivity index (χ2n) is 7.71. The van der Waals surface area contributed by atoms with E-state index in [0.717, 1.165) is 30.2 Å². The topological polar surface area (TPSA) is 66.0 Å². The van der Waals surface area contributed by atoms with Gasteiger partial charge in [0, 0.05) is 32.6 Å². The lowest BCUT2D eigenvalue weighted by molar-refractivity contribution is -0.127. The molecule has 1 fully saturated rings. The number of ether oxygens (including phenoxy) is 1. The molecule has 2 N–H and O–H groups in total. The van der Waals surface area contributed by atoms with Gasteiger partial charge in [-0.3, -0.25) is 4.79 Å². The summed E-state index contributed by atoms with van der Waals surface area (Å²) in [6, 6.07) is 8.26. The van der Waals surface area contributed by atoms with Crippen LogP contribution in [0.4, 0.5) is 0 Å². The summed E-state index contributed by atoms with van der Waals surface area (Å²) in [7, 11) is 3.52. The summed E-state index contributed by atoms with van der Waals surface area (Å²) in [6.07, 6.45) is 7.42. The summed E-state index contributed by atoms with van der Waals surface area (Å²) >= 11 is 0. The number of amides is 1. The molecule has 0 radical (unpaired) electrons. The number of benzene rings is 1. The number of aliphatic imine (C=N–C) groups is 1. The molecule has 1 atom stereocenters. The first-order valence-electron chi connectivity index (χ1n) is 10.1. The van der Waals surface area contributed by atoms with Crippen molar-refractivity contribution in [3.05, 3.63) is 29.8 Å². The van der Waals surface area contributed by atoms with Crippen molar-refractivity contribution in [3.8, 4) is 5.75 Å². The average Bonchev–Trinajstić information content (AvgIpc) is 2.70. The largest absolute Gasteiger partial charge is 0.493 e. The van der Waals surface area contributed by atoms with Crippen LogP contribution >= 0.6 is 0 Å². The minimum atomic E-state index is 0.00106. The molecule has 1 heterocycles. The first-order chi connectivity index (χ1) is 13.1. The number of para-hydroxylation sites is 1. The van der Waals surface area contributed by atoms with E-state index in [1.165, 1.54) is 32.1 Å². The van der Waals surface area contributed by atoms with E-state index in [-0.39, 0.29) is 18.5 Å². The molecule has 2 aliphatic rings. The number of hydrogen-bond acceptors (Lipinski definition) is 3. The summed E-state index contributed by atoms with van der Waals surface area (Å²) in [4.78, 5) is 18.1. The molecule has 1 aliphatic heterocycles. The predicted molar refractivity (Wildman–Crippen MR) is 108 cm³/mol. The number of fused-ring (bicyclic) bond motifs is 1. The molecule has 0 aromatic heterocycles. The standard InChI is InChI=1S/C21H32N4O2/c1-25(2)20(26)15-23-21(22-14-16-8-4-3-5-9-16)24-18-12-13-27-19-11-7-6-10-17(18)19/h6-7,10-11,16,18H,3-5,8-9,12-15H2,1-2H3,(H2,22,23,24). The van der Waals surface area contributed by atoms with Crippen LogP contribution in [0.25, 0.3) is 0 Å². The Morgan fingerprint density at radius 3 is 2.74 bits per heavy atom. The Balaban J connectivity index is 1.67. The van der Waals surface area contributed by atoms with Crippen LogP contribution in [0.5, 0.6) is 5.75 Å². The molecule has 3 rings (SSSR count). The van der Waals surface area contributed by atoms with Gasteiger partial charge in [-0.25, -0.2) is 4.99 Å². The molecule has 1 aliphatic carbocycles. The molecule has 27 heavy (non-hydrogen) atoms. The lowest BCUT2D eigenvalue weighted by Gasteiger charge is -2.29. The monoisotopic (exact) mass is 372 g/mol. The van der Waals surface area contributed by atoms with Crippen LogP contribution in [0.15, 0.2) is 29.3 Å². The van der Waals surface area contributed by atoms with Gasteiger partial charge in [-0.1, -0.05) is 37.5 Å². The van der Waals surface area contributed by atoms with Gasteiger partial charge in [0.2, 0.25) is 5.91 Å². The number of likely N-dealkylation sites (N-methyl/N-ethyl adjacent to an activating group) is 1. The zero-order valence-corrected chi connectivity index (χ0v) is 16.5. The molecular weight excluding hydrogens is 340 g/mol. The highest BCUT2D eigenvalue weighted by Crippen LogP contribution is 2.31. The lowest BCUT2D eigenvalue weighted by atomic mass is 9.89. The summed E-state index contributed by atoms with van der Waals surface area (Å²) in [6.45, 7) is 1.74. The number of carbonyl (C=O) groups is 1. The molecule has 1 saturated carbocycles. The van der Waals surface area contributed by atoms with Gasteiger partial charge in [0.1, 0.15) is 12.3 Å². The molecular formula is C21H32N4O2. The molecule has 0 bridgehead atoms. The fraction of sp³-hybridized carbons (Fsp3) is 0.619. The number of hydrogen-bond donors (Lipinski definition) is 2. The van der Waals surface area contributed by atoms with Gasteiger partial charge in [-0.15, -0.1) is 0 Å². The Morgan fingerprint density at radius 1 is 1.19 bits per heavy atom. The minimum Gasteiger partial charge on any atom is -0.493 e. The Bertz CT molecular complexity index is 653. The molecule has 0 saturated heterocycles. The first kappa shape index (κ1) is 19.5. The molecule has 6 nitrogen and oxygen atoms in total. The highest BCUT2D eigenvalue weighted by Gasteiger charge is 2.22. The van der Waals surface area contributed by atoms with E-state index in [1.807, 2.05) is 18.2 Å². The first-order valence-corrected chi connectivity index (χ1v) is 10.1. The van der Waals surface area contributed by atoms with Gasteiger partial charge in [-0.05, 0) is 24.8 Å². The maximum atomic E-state index is 12.0. The van der Waals surface area contributed by atoms with Crippen molar-refractivity contribution in [1.29, 1.82) is 0 Å². The second kappa shape index (κ2) is 9.62. The van der Waals surface area contributed by atoms with Crippen LogP contribution in [-0.4, -0.2) is 50.6 Å². The Morgan fingerprint density at radius 2 is 1.96 bits per heavy atom. The van der Waals surface area contributed by atoms with Crippen molar-refractivity contribution in [1.82, 2.24) is 15.5 Å². The third kappa shape index (κ3) is 5.62. The van der Waals surface area contributed by atoms with E-state index in [2.05, 4.69) is 21.7 Å². The van der Waals surface area contributed by atoms with Crippen molar-refractivity contribution < 1.29 is 9.53 Å². The summed E-state index contributed by atoms with van der Waals surface area (Å²) in [5.74, 6) is 2.34. The van der Waals surface area contributed by atoms with Crippen LogP contribution in [0, 0.1) is 5.92 Å². The normalized spacial score (nSPS) is 20.4. The third-order valence-electron chi connectivity index (χ3n) is 5.42. The second-order valence-corrected chi connectivity index (χ2v) is 7.71. The van der Waals surface area contributed by atoms with Crippen LogP contribution in [-0.2, 0) is 4.79 Å². The molecule has 1 unspecified atom stereocenters. The van der Waals surface area contributed by atoms with Crippen LogP contribution < -0.4 is 15.4 Å². The van der Waals surface area contributed by atoms with Crippen molar-refractivity contribution in [2.45, 2.75) is 44.6 Å². The van der Waals surface area contributed by atoms with E-state index in [0.29, 0.717) is 12.5 Å². The summed E-state index contributed by atoms with van der Waals surface area (Å²) in [5.41, 5.74) is 1.15. The van der Waals surface area contributed by atoms with Crippen molar-refractivity contribution in [2.24, 2.45) is 10.9 Å². The van der Waals surface area contributed by atoms with Crippen molar-refractivity contribution in [2.75, 3.05) is 33.8 Å². The molecule has 1 aromatic rings. The maximum absolute atomic E-state index is 12.0. The quantitative estimate of drug-likeness (QED) is 0.616. The fourth-order valence-corrected chi connectivity index (χ4v) is 3.73. The van der Waals surface area contributed by atoms with E-state index in [4.69, 9.17) is 4.74 Å². The van der Waals surface area contributed by atoms with Gasteiger partial charge in [0.15, 0.2) is 5.96 Å². The molecule has 0 spiro atoms. The summed E-state index contributed by atoms with van der Waals surface area (Å²) < 4.78 is 5.76. The molecule has 148 valence electrons. The van der Waals surface area contributed by atoms with Gasteiger partial charge in [0.25, 0.3) is 0 Å². The van der Waals surface area contributed by atoms with E-state index in [1.54, 1.807) is 19.0 Å². The predicted octanol–water partition coefficient (Wildman–Crippen LogP) is 2.71. The smallest absolute Gasteiger partial charge is 0.243 e. The number of rotatable bonds is 5. The Labute approximate surface area is 162 Å². The third-order valence-corrected chi connectivity index (χ3v) is 5.42. The number of nitrogens with zero attached hydrogens (tertiary/aromatic N) is 2. The van der Waals surface area contributed by atoms with E-state index in [9.17, 15) is 4.79 Å². The molecule has 1 aromatic carbocycles. The number of nitrogens with one attached hydrogen (secondary N) is 2. The van der Waals surface area contributed by atoms with Crippen LogP contribution in [0.3, 0.4) is 0 Å².